The van der Waals surface area contributed by atoms with Crippen molar-refractivity contribution in [3.8, 4) is 0 Å². The molecule has 4 rings (SSSR count). The van der Waals surface area contributed by atoms with Gasteiger partial charge in [-0.05, 0) is 43.1 Å². The van der Waals surface area contributed by atoms with Crippen LogP contribution in [0.4, 0.5) is 0 Å². The normalized spacial score (nSPS) is 45.7. The zero-order chi connectivity index (χ0) is 19.4. The predicted molar refractivity (Wildman–Crippen MR) is 97.4 cm³/mol. The number of cyclic esters (lactones) is 1. The van der Waals surface area contributed by atoms with Gasteiger partial charge in [0.1, 0.15) is 6.61 Å². The van der Waals surface area contributed by atoms with Crippen molar-refractivity contribution in [2.24, 2.45) is 22.7 Å². The Morgan fingerprint density at radius 3 is 2.75 bits per heavy atom. The number of hydrogen-bond donors (Lipinski definition) is 0. The van der Waals surface area contributed by atoms with Gasteiger partial charge < -0.3 is 18.7 Å². The first-order chi connectivity index (χ1) is 12.7. The molecule has 0 bridgehead atoms. The van der Waals surface area contributed by atoms with E-state index in [9.17, 15) is 14.3 Å². The molecule has 1 saturated heterocycles. The van der Waals surface area contributed by atoms with Gasteiger partial charge >= 0.3 is 35.5 Å². The monoisotopic (exact) mass is 416 g/mol. The zero-order valence-corrected chi connectivity index (χ0v) is 19.7. The number of carbonyl (C=O) groups excluding carboxylic acids is 1. The molecule has 3 fully saturated rings. The Morgan fingerprint density at radius 1 is 1.32 bits per heavy atom. The van der Waals surface area contributed by atoms with Crippen LogP contribution in [-0.2, 0) is 23.1 Å². The van der Waals surface area contributed by atoms with Crippen molar-refractivity contribution in [2.75, 3.05) is 13.2 Å². The van der Waals surface area contributed by atoms with Gasteiger partial charge in [0, 0.05) is 11.3 Å². The molecule has 28 heavy (non-hydrogen) atoms. The third kappa shape index (κ3) is 3.66. The number of hydrogen-bond acceptors (Lipinski definition) is 6. The molecule has 0 aromatic heterocycles. The van der Waals surface area contributed by atoms with E-state index in [-0.39, 0.29) is 70.9 Å². The first-order valence-corrected chi connectivity index (χ1v) is 11.0. The summed E-state index contributed by atoms with van der Waals surface area (Å²) < 4.78 is 27.2. The van der Waals surface area contributed by atoms with Crippen molar-refractivity contribution in [3.63, 3.8) is 0 Å². The number of phosphoric ester groups is 1. The molecule has 0 amide bonds. The minimum absolute atomic E-state index is 0. The van der Waals surface area contributed by atoms with E-state index in [1.165, 1.54) is 0 Å². The molecule has 148 valence electrons. The molecule has 2 aliphatic heterocycles. The predicted octanol–water partition coefficient (Wildman–Crippen LogP) is 0.302. The van der Waals surface area contributed by atoms with E-state index in [1.807, 2.05) is 6.08 Å². The number of ether oxygens (including phenoxy) is 1. The van der Waals surface area contributed by atoms with Crippen LogP contribution >= 0.6 is 7.82 Å². The summed E-state index contributed by atoms with van der Waals surface area (Å²) in [6.07, 6.45) is 8.71. The Balaban J connectivity index is 0.00000225. The van der Waals surface area contributed by atoms with Gasteiger partial charge in [-0.2, -0.15) is 0 Å². The third-order valence-corrected chi connectivity index (χ3v) is 8.15. The van der Waals surface area contributed by atoms with E-state index in [0.717, 1.165) is 24.8 Å². The van der Waals surface area contributed by atoms with E-state index in [2.05, 4.69) is 26.5 Å². The Hall–Kier alpha value is -0.200. The first kappa shape index (κ1) is 22.5. The van der Waals surface area contributed by atoms with E-state index < -0.39 is 7.82 Å². The summed E-state index contributed by atoms with van der Waals surface area (Å²) in [5.41, 5.74) is 1.30. The minimum atomic E-state index is -4.19. The van der Waals surface area contributed by atoms with Crippen LogP contribution < -0.4 is 34.5 Å². The second kappa shape index (κ2) is 7.81. The number of phosphoric acid groups is 1. The molecule has 0 N–H and O–H groups in total. The quantitative estimate of drug-likeness (QED) is 0.279. The summed E-state index contributed by atoms with van der Waals surface area (Å²) in [4.78, 5) is 23.5. The Morgan fingerprint density at radius 2 is 2.07 bits per heavy atom. The van der Waals surface area contributed by atoms with Crippen molar-refractivity contribution in [2.45, 2.75) is 45.6 Å². The van der Waals surface area contributed by atoms with Gasteiger partial charge in [0.15, 0.2) is 0 Å². The Bertz CT molecular complexity index is 792. The van der Waals surface area contributed by atoms with E-state index in [0.29, 0.717) is 18.6 Å². The summed E-state index contributed by atoms with van der Waals surface area (Å²) >= 11 is 0. The van der Waals surface area contributed by atoms with Gasteiger partial charge in [-0.1, -0.05) is 38.2 Å². The van der Waals surface area contributed by atoms with E-state index >= 15 is 0 Å². The molecule has 6 atom stereocenters. The Labute approximate surface area is 188 Å². The molecule has 6 nitrogen and oxygen atoms in total. The molecule has 0 spiro atoms. The summed E-state index contributed by atoms with van der Waals surface area (Å²) in [6, 6.07) is 0. The smallest absolute Gasteiger partial charge is 0.756 e. The fraction of sp³-hybridized carbons (Fsp3) is 0.650. The molecule has 2 heterocycles. The van der Waals surface area contributed by atoms with Gasteiger partial charge in [0.05, 0.1) is 18.3 Å². The molecule has 2 saturated carbocycles. The van der Waals surface area contributed by atoms with Gasteiger partial charge in [-0.25, -0.2) is 4.79 Å². The maximum Gasteiger partial charge on any atom is 1.00 e. The molecule has 4 aliphatic rings. The minimum Gasteiger partial charge on any atom is -0.756 e. The van der Waals surface area contributed by atoms with Gasteiger partial charge in [-0.15, -0.1) is 0 Å². The number of fused-ring (bicyclic) bond motifs is 3. The molecule has 0 aromatic rings. The zero-order valence-electron chi connectivity index (χ0n) is 16.8. The fourth-order valence-corrected chi connectivity index (χ4v) is 6.90. The summed E-state index contributed by atoms with van der Waals surface area (Å²) in [5, 5.41) is 0. The van der Waals surface area contributed by atoms with Gasteiger partial charge in [0.2, 0.25) is 0 Å². The van der Waals surface area contributed by atoms with Crippen LogP contribution in [0, 0.1) is 22.7 Å². The number of carbonyl (C=O) groups is 1. The van der Waals surface area contributed by atoms with Gasteiger partial charge in [-0.3, -0.25) is 4.57 Å². The number of esters is 1. The molecule has 0 radical (unpaired) electrons. The van der Waals surface area contributed by atoms with Crippen LogP contribution in [0.15, 0.2) is 36.0 Å². The van der Waals surface area contributed by atoms with E-state index in [1.54, 1.807) is 6.08 Å². The van der Waals surface area contributed by atoms with Crippen molar-refractivity contribution in [1.29, 1.82) is 0 Å². The summed E-state index contributed by atoms with van der Waals surface area (Å²) in [6.45, 7) is 9.14. The summed E-state index contributed by atoms with van der Waals surface area (Å²) in [5.74, 6) is 0.0725. The second-order valence-corrected chi connectivity index (χ2v) is 10.1. The maximum atomic E-state index is 11.8. The molecule has 0 aromatic carbocycles. The fourth-order valence-electron chi connectivity index (χ4n) is 5.74. The number of rotatable bonds is 2. The first-order valence-electron chi connectivity index (χ1n) is 9.53. The van der Waals surface area contributed by atoms with Crippen molar-refractivity contribution < 1.29 is 57.6 Å². The molecule has 8 heteroatoms. The average Bonchev–Trinajstić information content (AvgIpc) is 3.00. The average molecular weight is 416 g/mol. The molecular formula is C20H26NaO6P. The molecular weight excluding hydrogens is 390 g/mol. The maximum absolute atomic E-state index is 11.8. The third-order valence-electron chi connectivity index (χ3n) is 7.19. The summed E-state index contributed by atoms with van der Waals surface area (Å²) in [7, 11) is -4.19. The largest absolute Gasteiger partial charge is 1.00 e. The van der Waals surface area contributed by atoms with Crippen molar-refractivity contribution in [1.82, 2.24) is 0 Å². The molecule has 2 aliphatic carbocycles. The number of allylic oxidation sites excluding steroid dienone is 2. The standard InChI is InChI=1S/C20H27O6P.Na/c1-13-4-7-16-19(2,15(13)6-5-14-9-11-24-18(14)21)10-8-17-20(16,3)12-25-27(22,23)26-17;/h5-6,9,15-17H,1,4,7-8,10-12H2,2-3H3,(H,22,23);/q;+1/p-1/b6-5+;/t15-,16+,17-,19+,20+;/m1./s1. The van der Waals surface area contributed by atoms with Crippen LogP contribution in [-0.4, -0.2) is 25.3 Å². The second-order valence-electron chi connectivity index (χ2n) is 8.71. The SMILES string of the molecule is C=C1CC[C@@H]2[C@]3(C)COP(=O)([O-])O[C@@H]3CC[C@@]2(C)[C@@H]1/C=C/C1=CCOC1=O.[Na+]. The van der Waals surface area contributed by atoms with Crippen LogP contribution in [0.25, 0.3) is 0 Å². The van der Waals surface area contributed by atoms with E-state index in [4.69, 9.17) is 13.8 Å². The van der Waals surface area contributed by atoms with Crippen LogP contribution in [0.3, 0.4) is 0 Å². The van der Waals surface area contributed by atoms with Crippen LogP contribution in [0.1, 0.15) is 39.5 Å². The van der Waals surface area contributed by atoms with Crippen molar-refractivity contribution in [3.05, 3.63) is 36.0 Å². The molecule has 1 unspecified atom stereocenters. The topological polar surface area (TPSA) is 84.9 Å². The van der Waals surface area contributed by atoms with Gasteiger partial charge in [0.25, 0.3) is 7.82 Å². The Kier molecular flexibility index (Phi) is 6.27. The van der Waals surface area contributed by atoms with Crippen molar-refractivity contribution >= 4 is 13.8 Å². The van der Waals surface area contributed by atoms with Crippen LogP contribution in [0.5, 0.6) is 0 Å². The van der Waals surface area contributed by atoms with Crippen LogP contribution in [0.2, 0.25) is 0 Å².